The molecule has 0 saturated carbocycles. The summed E-state index contributed by atoms with van der Waals surface area (Å²) in [7, 11) is 1.61. The SMILES string of the molecule is CN=C(NCCc1ccc(C(F)(F)F)cc1)NCC(=O)N1CCc2ccccc2C1. The van der Waals surface area contributed by atoms with Gasteiger partial charge in [-0.15, -0.1) is 0 Å². The van der Waals surface area contributed by atoms with E-state index in [2.05, 4.69) is 21.7 Å². The van der Waals surface area contributed by atoms with Crippen molar-refractivity contribution in [1.29, 1.82) is 0 Å². The van der Waals surface area contributed by atoms with Gasteiger partial charge >= 0.3 is 6.18 Å². The van der Waals surface area contributed by atoms with Crippen molar-refractivity contribution in [3.63, 3.8) is 0 Å². The van der Waals surface area contributed by atoms with Crippen molar-refractivity contribution in [2.45, 2.75) is 25.6 Å². The van der Waals surface area contributed by atoms with Crippen LogP contribution in [-0.2, 0) is 30.4 Å². The smallest absolute Gasteiger partial charge is 0.356 e. The van der Waals surface area contributed by atoms with E-state index in [-0.39, 0.29) is 12.5 Å². The van der Waals surface area contributed by atoms with E-state index in [9.17, 15) is 18.0 Å². The molecule has 160 valence electrons. The lowest BCUT2D eigenvalue weighted by Gasteiger charge is -2.29. The maximum Gasteiger partial charge on any atom is 0.416 e. The average molecular weight is 418 g/mol. The number of nitrogens with one attached hydrogen (secondary N) is 2. The highest BCUT2D eigenvalue weighted by Crippen LogP contribution is 2.29. The molecule has 2 aromatic rings. The molecule has 0 aromatic heterocycles. The number of guanidine groups is 1. The third-order valence-electron chi connectivity index (χ3n) is 5.10. The number of carbonyl (C=O) groups excluding carboxylic acids is 1. The van der Waals surface area contributed by atoms with E-state index in [1.807, 2.05) is 23.1 Å². The fourth-order valence-corrected chi connectivity index (χ4v) is 3.39. The van der Waals surface area contributed by atoms with Crippen molar-refractivity contribution in [2.75, 3.05) is 26.7 Å². The van der Waals surface area contributed by atoms with Gasteiger partial charge in [-0.1, -0.05) is 36.4 Å². The molecule has 30 heavy (non-hydrogen) atoms. The normalized spacial score (nSPS) is 14.3. The minimum absolute atomic E-state index is 0.00445. The fourth-order valence-electron chi connectivity index (χ4n) is 3.39. The maximum absolute atomic E-state index is 12.6. The van der Waals surface area contributed by atoms with Crippen molar-refractivity contribution < 1.29 is 18.0 Å². The fraction of sp³-hybridized carbons (Fsp3) is 0.364. The van der Waals surface area contributed by atoms with Gasteiger partial charge in [0.2, 0.25) is 5.91 Å². The van der Waals surface area contributed by atoms with Gasteiger partial charge in [0.15, 0.2) is 5.96 Å². The van der Waals surface area contributed by atoms with Crippen LogP contribution < -0.4 is 10.6 Å². The predicted octanol–water partition coefficient (Wildman–Crippen LogP) is 3.00. The van der Waals surface area contributed by atoms with Crippen LogP contribution in [0.4, 0.5) is 13.2 Å². The molecule has 0 spiro atoms. The zero-order chi connectivity index (χ0) is 21.6. The zero-order valence-electron chi connectivity index (χ0n) is 16.8. The highest BCUT2D eigenvalue weighted by Gasteiger charge is 2.29. The summed E-state index contributed by atoms with van der Waals surface area (Å²) in [5.41, 5.74) is 2.59. The maximum atomic E-state index is 12.6. The Labute approximate surface area is 174 Å². The molecule has 0 unspecified atom stereocenters. The molecule has 5 nitrogen and oxygen atoms in total. The number of hydrogen-bond donors (Lipinski definition) is 2. The number of rotatable bonds is 5. The summed E-state index contributed by atoms with van der Waals surface area (Å²) >= 11 is 0. The van der Waals surface area contributed by atoms with Gasteiger partial charge in [-0.05, 0) is 41.7 Å². The van der Waals surface area contributed by atoms with Crippen LogP contribution in [-0.4, -0.2) is 43.4 Å². The summed E-state index contributed by atoms with van der Waals surface area (Å²) in [5, 5.41) is 6.09. The van der Waals surface area contributed by atoms with Crippen LogP contribution >= 0.6 is 0 Å². The number of aliphatic imine (C=N–C) groups is 1. The van der Waals surface area contributed by atoms with Crippen LogP contribution in [0.15, 0.2) is 53.5 Å². The number of benzene rings is 2. The second kappa shape index (κ2) is 9.65. The van der Waals surface area contributed by atoms with Crippen LogP contribution in [0, 0.1) is 0 Å². The van der Waals surface area contributed by atoms with E-state index in [4.69, 9.17) is 0 Å². The molecule has 1 aliphatic rings. The highest BCUT2D eigenvalue weighted by molar-refractivity contribution is 5.86. The number of nitrogens with zero attached hydrogens (tertiary/aromatic N) is 2. The van der Waals surface area contributed by atoms with Gasteiger partial charge in [-0.3, -0.25) is 9.79 Å². The van der Waals surface area contributed by atoms with Crippen LogP contribution in [0.3, 0.4) is 0 Å². The zero-order valence-corrected chi connectivity index (χ0v) is 16.8. The molecule has 0 bridgehead atoms. The Balaban J connectivity index is 1.42. The monoisotopic (exact) mass is 418 g/mol. The van der Waals surface area contributed by atoms with Gasteiger partial charge in [0.25, 0.3) is 0 Å². The van der Waals surface area contributed by atoms with Crippen LogP contribution in [0.1, 0.15) is 22.3 Å². The molecule has 0 atom stereocenters. The lowest BCUT2D eigenvalue weighted by Crippen LogP contribution is -2.46. The molecule has 8 heteroatoms. The molecule has 2 aromatic carbocycles. The molecule has 1 amide bonds. The Morgan fingerprint density at radius 3 is 2.43 bits per heavy atom. The molecular formula is C22H25F3N4O. The first-order chi connectivity index (χ1) is 14.4. The Morgan fingerprint density at radius 1 is 1.07 bits per heavy atom. The summed E-state index contributed by atoms with van der Waals surface area (Å²) in [4.78, 5) is 18.4. The minimum atomic E-state index is -4.33. The van der Waals surface area contributed by atoms with E-state index in [1.54, 1.807) is 7.05 Å². The Hall–Kier alpha value is -3.03. The van der Waals surface area contributed by atoms with Gasteiger partial charge in [0.1, 0.15) is 0 Å². The lowest BCUT2D eigenvalue weighted by molar-refractivity contribution is -0.137. The molecule has 0 radical (unpaired) electrons. The van der Waals surface area contributed by atoms with E-state index >= 15 is 0 Å². The average Bonchev–Trinajstić information content (AvgIpc) is 2.75. The van der Waals surface area contributed by atoms with Crippen molar-refractivity contribution in [3.05, 3.63) is 70.8 Å². The first-order valence-electron chi connectivity index (χ1n) is 9.82. The number of fused-ring (bicyclic) bond motifs is 1. The molecular weight excluding hydrogens is 393 g/mol. The van der Waals surface area contributed by atoms with Gasteiger partial charge in [-0.25, -0.2) is 0 Å². The predicted molar refractivity (Wildman–Crippen MR) is 110 cm³/mol. The summed E-state index contributed by atoms with van der Waals surface area (Å²) in [6, 6.07) is 13.2. The van der Waals surface area contributed by atoms with Crippen LogP contribution in [0.25, 0.3) is 0 Å². The molecule has 1 aliphatic heterocycles. The summed E-state index contributed by atoms with van der Waals surface area (Å²) in [5.74, 6) is 0.475. The van der Waals surface area contributed by atoms with Gasteiger partial charge < -0.3 is 15.5 Å². The molecule has 0 fully saturated rings. The van der Waals surface area contributed by atoms with Crippen LogP contribution in [0.5, 0.6) is 0 Å². The number of amides is 1. The van der Waals surface area contributed by atoms with Crippen molar-refractivity contribution in [3.8, 4) is 0 Å². The summed E-state index contributed by atoms with van der Waals surface area (Å²) in [6.07, 6.45) is -2.94. The second-order valence-electron chi connectivity index (χ2n) is 7.13. The third kappa shape index (κ3) is 5.75. The van der Waals surface area contributed by atoms with E-state index < -0.39 is 11.7 Å². The third-order valence-corrected chi connectivity index (χ3v) is 5.10. The Kier molecular flexibility index (Phi) is 6.97. The Morgan fingerprint density at radius 2 is 1.77 bits per heavy atom. The molecule has 3 rings (SSSR count). The van der Waals surface area contributed by atoms with Crippen molar-refractivity contribution in [2.24, 2.45) is 4.99 Å². The summed E-state index contributed by atoms with van der Waals surface area (Å²) in [6.45, 7) is 1.91. The van der Waals surface area contributed by atoms with Gasteiger partial charge in [0.05, 0.1) is 12.1 Å². The Bertz CT molecular complexity index is 894. The lowest BCUT2D eigenvalue weighted by atomic mass is 10.00. The van der Waals surface area contributed by atoms with Crippen LogP contribution in [0.2, 0.25) is 0 Å². The molecule has 0 saturated heterocycles. The number of alkyl halides is 3. The highest BCUT2D eigenvalue weighted by atomic mass is 19.4. The largest absolute Gasteiger partial charge is 0.416 e. The minimum Gasteiger partial charge on any atom is -0.356 e. The molecule has 2 N–H and O–H groups in total. The van der Waals surface area contributed by atoms with Gasteiger partial charge in [-0.2, -0.15) is 13.2 Å². The molecule has 1 heterocycles. The quantitative estimate of drug-likeness (QED) is 0.580. The number of halogens is 3. The molecule has 0 aliphatic carbocycles. The van der Waals surface area contributed by atoms with Crippen molar-refractivity contribution in [1.82, 2.24) is 15.5 Å². The van der Waals surface area contributed by atoms with E-state index in [0.717, 1.165) is 24.1 Å². The second-order valence-corrected chi connectivity index (χ2v) is 7.13. The number of hydrogen-bond acceptors (Lipinski definition) is 2. The number of carbonyl (C=O) groups is 1. The first kappa shape index (κ1) is 21.7. The van der Waals surface area contributed by atoms with E-state index in [0.29, 0.717) is 32.0 Å². The summed E-state index contributed by atoms with van der Waals surface area (Å²) < 4.78 is 37.8. The topological polar surface area (TPSA) is 56.7 Å². The van der Waals surface area contributed by atoms with E-state index in [1.165, 1.54) is 23.3 Å². The van der Waals surface area contributed by atoms with Crippen molar-refractivity contribution >= 4 is 11.9 Å². The standard InChI is InChI=1S/C22H25F3N4O/c1-26-21(27-12-10-16-6-8-19(9-7-16)22(23,24)25)28-14-20(30)29-13-11-17-4-2-3-5-18(17)15-29/h2-9H,10-15H2,1H3,(H2,26,27,28). The van der Waals surface area contributed by atoms with Gasteiger partial charge in [0, 0.05) is 26.7 Å². The first-order valence-corrected chi connectivity index (χ1v) is 9.82.